The quantitative estimate of drug-likeness (QED) is 0.686. The summed E-state index contributed by atoms with van der Waals surface area (Å²) in [5, 5.41) is 13.2. The van der Waals surface area contributed by atoms with E-state index < -0.39 is 0 Å². The summed E-state index contributed by atoms with van der Waals surface area (Å²) in [6.45, 7) is 5.07. The average Bonchev–Trinajstić information content (AvgIpc) is 2.04. The maximum atomic E-state index is 9.81. The van der Waals surface area contributed by atoms with Crippen molar-refractivity contribution in [1.82, 2.24) is 5.32 Å². The molecule has 1 saturated heterocycles. The Morgan fingerprint density at radius 2 is 2.00 bits per heavy atom. The van der Waals surface area contributed by atoms with Crippen molar-refractivity contribution in [3.63, 3.8) is 0 Å². The van der Waals surface area contributed by atoms with Crippen LogP contribution in [0, 0.1) is 5.92 Å². The fraction of sp³-hybridized carbons (Fsp3) is 1.00. The van der Waals surface area contributed by atoms with Gasteiger partial charge in [0.15, 0.2) is 0 Å². The summed E-state index contributed by atoms with van der Waals surface area (Å²) < 4.78 is 0. The van der Waals surface area contributed by atoms with Gasteiger partial charge in [-0.1, -0.05) is 26.7 Å². The average molecular weight is 203 g/mol. The molecule has 0 amide bonds. The molecular formula is C10H21NOS. The van der Waals surface area contributed by atoms with Gasteiger partial charge in [0.2, 0.25) is 0 Å². The first-order valence-electron chi connectivity index (χ1n) is 5.27. The number of aliphatic hydroxyl groups excluding tert-OH is 1. The van der Waals surface area contributed by atoms with Gasteiger partial charge < -0.3 is 10.4 Å². The Hall–Kier alpha value is 0.270. The Labute approximate surface area is 85.5 Å². The molecule has 1 aliphatic heterocycles. The molecule has 1 aliphatic rings. The summed E-state index contributed by atoms with van der Waals surface area (Å²) >= 11 is 1.97. The lowest BCUT2D eigenvalue weighted by Crippen LogP contribution is -2.45. The summed E-state index contributed by atoms with van der Waals surface area (Å²) in [6.07, 6.45) is 2.01. The van der Waals surface area contributed by atoms with Gasteiger partial charge in [0, 0.05) is 24.1 Å². The number of aliphatic hydroxyl groups is 1. The predicted molar refractivity (Wildman–Crippen MR) is 59.2 cm³/mol. The molecule has 0 aromatic rings. The van der Waals surface area contributed by atoms with Crippen LogP contribution in [0.5, 0.6) is 0 Å². The van der Waals surface area contributed by atoms with Gasteiger partial charge in [-0.15, -0.1) is 0 Å². The SMILES string of the molecule is CCC(CC)C(O)CNC1CSC1. The second-order valence-corrected chi connectivity index (χ2v) is 4.86. The molecule has 2 N–H and O–H groups in total. The minimum absolute atomic E-state index is 0.152. The Kier molecular flexibility index (Phi) is 5.14. The zero-order chi connectivity index (χ0) is 9.68. The molecule has 1 rings (SSSR count). The summed E-state index contributed by atoms with van der Waals surface area (Å²) in [5.41, 5.74) is 0. The molecule has 78 valence electrons. The monoisotopic (exact) mass is 203 g/mol. The number of hydrogen-bond acceptors (Lipinski definition) is 3. The van der Waals surface area contributed by atoms with E-state index in [9.17, 15) is 5.11 Å². The molecule has 0 bridgehead atoms. The van der Waals surface area contributed by atoms with Gasteiger partial charge in [0.1, 0.15) is 0 Å². The van der Waals surface area contributed by atoms with Gasteiger partial charge in [-0.2, -0.15) is 11.8 Å². The molecule has 3 heteroatoms. The minimum Gasteiger partial charge on any atom is -0.392 e. The smallest absolute Gasteiger partial charge is 0.0692 e. The van der Waals surface area contributed by atoms with E-state index in [-0.39, 0.29) is 6.10 Å². The van der Waals surface area contributed by atoms with Crippen LogP contribution >= 0.6 is 11.8 Å². The van der Waals surface area contributed by atoms with E-state index in [0.717, 1.165) is 19.4 Å². The van der Waals surface area contributed by atoms with Crippen LogP contribution in [-0.2, 0) is 0 Å². The molecule has 13 heavy (non-hydrogen) atoms. The topological polar surface area (TPSA) is 32.3 Å². The van der Waals surface area contributed by atoms with Crippen molar-refractivity contribution in [2.24, 2.45) is 5.92 Å². The van der Waals surface area contributed by atoms with E-state index in [2.05, 4.69) is 19.2 Å². The van der Waals surface area contributed by atoms with Crippen LogP contribution in [0.2, 0.25) is 0 Å². The van der Waals surface area contributed by atoms with Crippen molar-refractivity contribution in [1.29, 1.82) is 0 Å². The zero-order valence-corrected chi connectivity index (χ0v) is 9.44. The van der Waals surface area contributed by atoms with E-state index >= 15 is 0 Å². The molecule has 1 heterocycles. The maximum absolute atomic E-state index is 9.81. The van der Waals surface area contributed by atoms with Crippen molar-refractivity contribution in [3.8, 4) is 0 Å². The Morgan fingerprint density at radius 1 is 1.38 bits per heavy atom. The lowest BCUT2D eigenvalue weighted by atomic mass is 9.96. The summed E-state index contributed by atoms with van der Waals surface area (Å²) in [6, 6.07) is 0.661. The number of thioether (sulfide) groups is 1. The molecule has 0 spiro atoms. The summed E-state index contributed by atoms with van der Waals surface area (Å²) in [5.74, 6) is 2.91. The van der Waals surface area contributed by atoms with Crippen molar-refractivity contribution >= 4 is 11.8 Å². The fourth-order valence-corrected chi connectivity index (χ4v) is 2.35. The van der Waals surface area contributed by atoms with Crippen LogP contribution < -0.4 is 5.32 Å². The van der Waals surface area contributed by atoms with E-state index in [0.29, 0.717) is 12.0 Å². The van der Waals surface area contributed by atoms with E-state index in [1.54, 1.807) is 0 Å². The highest BCUT2D eigenvalue weighted by molar-refractivity contribution is 8.00. The second-order valence-electron chi connectivity index (χ2n) is 3.79. The van der Waals surface area contributed by atoms with E-state index in [1.807, 2.05) is 11.8 Å². The van der Waals surface area contributed by atoms with Crippen LogP contribution in [0.25, 0.3) is 0 Å². The Bertz CT molecular complexity index is 135. The third kappa shape index (κ3) is 3.49. The number of nitrogens with one attached hydrogen (secondary N) is 1. The van der Waals surface area contributed by atoms with Crippen molar-refractivity contribution in [2.45, 2.75) is 38.8 Å². The predicted octanol–water partition coefficient (Wildman–Crippen LogP) is 1.49. The molecular weight excluding hydrogens is 182 g/mol. The fourth-order valence-electron chi connectivity index (χ4n) is 1.64. The van der Waals surface area contributed by atoms with Crippen molar-refractivity contribution in [3.05, 3.63) is 0 Å². The molecule has 1 unspecified atom stereocenters. The second kappa shape index (κ2) is 5.89. The molecule has 0 aromatic heterocycles. The molecule has 0 aliphatic carbocycles. The Morgan fingerprint density at radius 3 is 2.38 bits per heavy atom. The minimum atomic E-state index is -0.152. The molecule has 1 atom stereocenters. The van der Waals surface area contributed by atoms with Crippen LogP contribution in [0.15, 0.2) is 0 Å². The molecule has 0 radical (unpaired) electrons. The third-order valence-electron chi connectivity index (χ3n) is 2.85. The molecule has 0 saturated carbocycles. The van der Waals surface area contributed by atoms with Crippen LogP contribution in [0.1, 0.15) is 26.7 Å². The largest absolute Gasteiger partial charge is 0.392 e. The lowest BCUT2D eigenvalue weighted by Gasteiger charge is -2.29. The van der Waals surface area contributed by atoms with Gasteiger partial charge in [0.25, 0.3) is 0 Å². The van der Waals surface area contributed by atoms with Gasteiger partial charge in [-0.05, 0) is 5.92 Å². The summed E-state index contributed by atoms with van der Waals surface area (Å²) in [7, 11) is 0. The molecule has 0 aromatic carbocycles. The first-order valence-corrected chi connectivity index (χ1v) is 6.42. The highest BCUT2D eigenvalue weighted by atomic mass is 32.2. The van der Waals surface area contributed by atoms with Gasteiger partial charge in [-0.3, -0.25) is 0 Å². The highest BCUT2D eigenvalue weighted by Gasteiger charge is 2.20. The van der Waals surface area contributed by atoms with Crippen LogP contribution in [-0.4, -0.2) is 35.3 Å². The highest BCUT2D eigenvalue weighted by Crippen LogP contribution is 2.18. The number of rotatable bonds is 6. The van der Waals surface area contributed by atoms with Crippen molar-refractivity contribution in [2.75, 3.05) is 18.1 Å². The molecule has 1 fully saturated rings. The van der Waals surface area contributed by atoms with Gasteiger partial charge >= 0.3 is 0 Å². The van der Waals surface area contributed by atoms with Crippen LogP contribution in [0.4, 0.5) is 0 Å². The third-order valence-corrected chi connectivity index (χ3v) is 4.12. The lowest BCUT2D eigenvalue weighted by molar-refractivity contribution is 0.0994. The summed E-state index contributed by atoms with van der Waals surface area (Å²) in [4.78, 5) is 0. The van der Waals surface area contributed by atoms with Crippen molar-refractivity contribution < 1.29 is 5.11 Å². The number of hydrogen-bond donors (Lipinski definition) is 2. The Balaban J connectivity index is 2.10. The van der Waals surface area contributed by atoms with E-state index in [1.165, 1.54) is 11.5 Å². The normalized spacial score (nSPS) is 20.3. The van der Waals surface area contributed by atoms with Gasteiger partial charge in [-0.25, -0.2) is 0 Å². The van der Waals surface area contributed by atoms with Crippen LogP contribution in [0.3, 0.4) is 0 Å². The van der Waals surface area contributed by atoms with Gasteiger partial charge in [0.05, 0.1) is 6.10 Å². The standard InChI is InChI=1S/C10H21NOS/c1-3-8(4-2)10(12)5-11-9-6-13-7-9/h8-12H,3-7H2,1-2H3. The maximum Gasteiger partial charge on any atom is 0.0692 e. The molecule has 2 nitrogen and oxygen atoms in total. The first kappa shape index (κ1) is 11.3. The van der Waals surface area contributed by atoms with E-state index in [4.69, 9.17) is 0 Å². The zero-order valence-electron chi connectivity index (χ0n) is 8.62. The first-order chi connectivity index (χ1) is 6.27.